The minimum Gasteiger partial charge on any atom is -0.490 e. The Kier molecular flexibility index (Phi) is 6.90. The molecule has 8 heteroatoms. The summed E-state index contributed by atoms with van der Waals surface area (Å²) in [5.41, 5.74) is 1.21. The lowest BCUT2D eigenvalue weighted by molar-refractivity contribution is -0.113. The van der Waals surface area contributed by atoms with Gasteiger partial charge in [0.2, 0.25) is 0 Å². The van der Waals surface area contributed by atoms with Crippen molar-refractivity contribution in [2.45, 2.75) is 13.8 Å². The molecule has 2 aromatic rings. The number of amides is 2. The van der Waals surface area contributed by atoms with Crippen LogP contribution in [0.1, 0.15) is 19.4 Å². The van der Waals surface area contributed by atoms with Gasteiger partial charge >= 0.3 is 0 Å². The molecule has 146 valence electrons. The first kappa shape index (κ1) is 21.0. The Hall–Kier alpha value is -1.71. The van der Waals surface area contributed by atoms with E-state index >= 15 is 0 Å². The van der Waals surface area contributed by atoms with Crippen LogP contribution in [0, 0.1) is 3.57 Å². The highest BCUT2D eigenvalue weighted by Crippen LogP contribution is 2.39. The van der Waals surface area contributed by atoms with E-state index in [1.165, 1.54) is 0 Å². The minimum atomic E-state index is -0.376. The van der Waals surface area contributed by atoms with Crippen LogP contribution in [-0.2, 0) is 4.79 Å². The minimum absolute atomic E-state index is 0.340. The average Bonchev–Trinajstić information content (AvgIpc) is 2.91. The number of benzene rings is 2. The summed E-state index contributed by atoms with van der Waals surface area (Å²) in [6.45, 7) is 4.82. The lowest BCUT2D eigenvalue weighted by atomic mass is 10.1. The fourth-order valence-corrected chi connectivity index (χ4v) is 4.48. The molecule has 28 heavy (non-hydrogen) atoms. The third-order valence-corrected chi connectivity index (χ3v) is 5.68. The highest BCUT2D eigenvalue weighted by Gasteiger charge is 2.36. The Labute approximate surface area is 186 Å². The number of thioether (sulfide) groups is 1. The zero-order chi connectivity index (χ0) is 20.3. The Balaban J connectivity index is 1.95. The van der Waals surface area contributed by atoms with E-state index in [-0.39, 0.29) is 11.1 Å². The van der Waals surface area contributed by atoms with Gasteiger partial charge in [0.1, 0.15) is 0 Å². The molecule has 1 aliphatic heterocycles. The number of hydrogen-bond donors (Lipinski definition) is 0. The maximum absolute atomic E-state index is 12.8. The van der Waals surface area contributed by atoms with Crippen molar-refractivity contribution in [3.05, 3.63) is 55.5 Å². The SMILES string of the molecule is CCOc1cc(/C=C2/SC(=O)N(c3cccc(Cl)c3)C2=O)cc(I)c1OCC. The van der Waals surface area contributed by atoms with Gasteiger partial charge < -0.3 is 9.47 Å². The van der Waals surface area contributed by atoms with Crippen molar-refractivity contribution in [1.29, 1.82) is 0 Å². The van der Waals surface area contributed by atoms with E-state index in [0.717, 1.165) is 25.8 Å². The van der Waals surface area contributed by atoms with Gasteiger partial charge in [0, 0.05) is 5.02 Å². The van der Waals surface area contributed by atoms with Crippen molar-refractivity contribution in [2.24, 2.45) is 0 Å². The van der Waals surface area contributed by atoms with Crippen molar-refractivity contribution >= 4 is 68.9 Å². The molecule has 0 radical (unpaired) electrons. The average molecular weight is 530 g/mol. The van der Waals surface area contributed by atoms with Crippen LogP contribution in [0.15, 0.2) is 41.3 Å². The van der Waals surface area contributed by atoms with Crippen molar-refractivity contribution < 1.29 is 19.1 Å². The Morgan fingerprint density at radius 2 is 1.89 bits per heavy atom. The van der Waals surface area contributed by atoms with E-state index in [1.807, 2.05) is 26.0 Å². The summed E-state index contributed by atoms with van der Waals surface area (Å²) in [6, 6.07) is 10.4. The van der Waals surface area contributed by atoms with Crippen LogP contribution < -0.4 is 14.4 Å². The first-order valence-corrected chi connectivity index (χ1v) is 10.8. The summed E-state index contributed by atoms with van der Waals surface area (Å²) in [5.74, 6) is 0.907. The van der Waals surface area contributed by atoms with E-state index in [4.69, 9.17) is 21.1 Å². The second-order valence-electron chi connectivity index (χ2n) is 5.69. The van der Waals surface area contributed by atoms with Crippen molar-refractivity contribution in [2.75, 3.05) is 18.1 Å². The number of carbonyl (C=O) groups excluding carboxylic acids is 2. The third kappa shape index (κ3) is 4.47. The summed E-state index contributed by atoms with van der Waals surface area (Å²) in [7, 11) is 0. The Bertz CT molecular complexity index is 963. The number of rotatable bonds is 6. The van der Waals surface area contributed by atoms with Crippen LogP contribution in [0.4, 0.5) is 10.5 Å². The van der Waals surface area contributed by atoms with Gasteiger partial charge in [-0.3, -0.25) is 9.59 Å². The van der Waals surface area contributed by atoms with Crippen LogP contribution in [0.3, 0.4) is 0 Å². The number of nitrogens with zero attached hydrogens (tertiary/aromatic N) is 1. The molecule has 0 aromatic heterocycles. The summed E-state index contributed by atoms with van der Waals surface area (Å²) < 4.78 is 12.2. The monoisotopic (exact) mass is 529 g/mol. The van der Waals surface area contributed by atoms with Gasteiger partial charge in [0.15, 0.2) is 11.5 Å². The van der Waals surface area contributed by atoms with Gasteiger partial charge in [-0.05, 0) is 90.2 Å². The van der Waals surface area contributed by atoms with Crippen molar-refractivity contribution in [3.63, 3.8) is 0 Å². The number of anilines is 1. The zero-order valence-corrected chi connectivity index (χ0v) is 18.9. The lowest BCUT2D eigenvalue weighted by Gasteiger charge is -2.14. The molecule has 0 saturated carbocycles. The summed E-state index contributed by atoms with van der Waals surface area (Å²) in [4.78, 5) is 26.7. The first-order chi connectivity index (χ1) is 13.4. The van der Waals surface area contributed by atoms with Gasteiger partial charge in [-0.1, -0.05) is 17.7 Å². The third-order valence-electron chi connectivity index (χ3n) is 3.78. The van der Waals surface area contributed by atoms with Gasteiger partial charge in [0.25, 0.3) is 11.1 Å². The second kappa shape index (κ2) is 9.19. The molecule has 0 aliphatic carbocycles. The molecule has 0 unspecified atom stereocenters. The fourth-order valence-electron chi connectivity index (χ4n) is 2.68. The number of halogens is 2. The zero-order valence-electron chi connectivity index (χ0n) is 15.2. The van der Waals surface area contributed by atoms with Crippen molar-refractivity contribution in [3.8, 4) is 11.5 Å². The van der Waals surface area contributed by atoms with Gasteiger partial charge in [-0.15, -0.1) is 0 Å². The van der Waals surface area contributed by atoms with Crippen LogP contribution >= 0.6 is 46.0 Å². The number of carbonyl (C=O) groups is 2. The molecule has 1 heterocycles. The molecule has 0 N–H and O–H groups in total. The highest BCUT2D eigenvalue weighted by atomic mass is 127. The molecule has 1 aliphatic rings. The van der Waals surface area contributed by atoms with Crippen LogP contribution in [-0.4, -0.2) is 24.4 Å². The fraction of sp³-hybridized carbons (Fsp3) is 0.200. The number of hydrogen-bond acceptors (Lipinski definition) is 5. The standard InChI is InChI=1S/C20H17ClINO4S/c1-3-26-16-9-12(8-15(22)18(16)27-4-2)10-17-19(24)23(20(25)28-17)14-7-5-6-13(21)11-14/h5-11H,3-4H2,1-2H3/b17-10+. The van der Waals surface area contributed by atoms with Gasteiger partial charge in [0.05, 0.1) is 27.4 Å². The maximum Gasteiger partial charge on any atom is 0.298 e. The van der Waals surface area contributed by atoms with E-state index in [1.54, 1.807) is 30.3 Å². The topological polar surface area (TPSA) is 55.8 Å². The number of imide groups is 1. The van der Waals surface area contributed by atoms with E-state index in [0.29, 0.717) is 40.3 Å². The predicted octanol–water partition coefficient (Wildman–Crippen LogP) is 5.98. The molecule has 3 rings (SSSR count). The molecule has 1 fully saturated rings. The second-order valence-corrected chi connectivity index (χ2v) is 8.28. The molecular formula is C20H17ClINO4S. The number of ether oxygens (including phenoxy) is 2. The molecule has 0 spiro atoms. The smallest absolute Gasteiger partial charge is 0.298 e. The largest absolute Gasteiger partial charge is 0.490 e. The highest BCUT2D eigenvalue weighted by molar-refractivity contribution is 14.1. The van der Waals surface area contributed by atoms with E-state index in [2.05, 4.69) is 22.6 Å². The molecule has 1 saturated heterocycles. The normalized spacial score (nSPS) is 15.4. The summed E-state index contributed by atoms with van der Waals surface area (Å²) in [5, 5.41) is 0.104. The molecule has 2 aromatic carbocycles. The van der Waals surface area contributed by atoms with E-state index in [9.17, 15) is 9.59 Å². The van der Waals surface area contributed by atoms with Crippen LogP contribution in [0.2, 0.25) is 5.02 Å². The van der Waals surface area contributed by atoms with E-state index < -0.39 is 0 Å². The Morgan fingerprint density at radius 1 is 1.14 bits per heavy atom. The predicted molar refractivity (Wildman–Crippen MR) is 121 cm³/mol. The molecular weight excluding hydrogens is 513 g/mol. The van der Waals surface area contributed by atoms with Gasteiger partial charge in [-0.25, -0.2) is 4.90 Å². The Morgan fingerprint density at radius 3 is 2.57 bits per heavy atom. The molecule has 0 atom stereocenters. The maximum atomic E-state index is 12.8. The van der Waals surface area contributed by atoms with Gasteiger partial charge in [-0.2, -0.15) is 0 Å². The lowest BCUT2D eigenvalue weighted by Crippen LogP contribution is -2.27. The molecule has 5 nitrogen and oxygen atoms in total. The van der Waals surface area contributed by atoms with Crippen LogP contribution in [0.5, 0.6) is 11.5 Å². The quantitative estimate of drug-likeness (QED) is 0.340. The van der Waals surface area contributed by atoms with Crippen molar-refractivity contribution in [1.82, 2.24) is 0 Å². The molecule has 0 bridgehead atoms. The molecule has 2 amide bonds. The summed E-state index contributed by atoms with van der Waals surface area (Å²) >= 11 is 9.06. The summed E-state index contributed by atoms with van der Waals surface area (Å²) in [6.07, 6.45) is 1.69. The van der Waals surface area contributed by atoms with Crippen LogP contribution in [0.25, 0.3) is 6.08 Å². The first-order valence-electron chi connectivity index (χ1n) is 8.57.